The summed E-state index contributed by atoms with van der Waals surface area (Å²) in [5.74, 6) is -0.176. The highest BCUT2D eigenvalue weighted by Crippen LogP contribution is 2.20. The van der Waals surface area contributed by atoms with Crippen molar-refractivity contribution >= 4 is 5.91 Å². The van der Waals surface area contributed by atoms with Gasteiger partial charge in [-0.05, 0) is 42.6 Å². The van der Waals surface area contributed by atoms with Gasteiger partial charge in [0.1, 0.15) is 0 Å². The zero-order valence-corrected chi connectivity index (χ0v) is 15.1. The molecule has 138 valence electrons. The third-order valence-electron chi connectivity index (χ3n) is 4.81. The largest absolute Gasteiger partial charge is 0.494 e. The summed E-state index contributed by atoms with van der Waals surface area (Å²) in [6, 6.07) is 15.1. The van der Waals surface area contributed by atoms with Crippen molar-refractivity contribution in [1.29, 1.82) is 0 Å². The van der Waals surface area contributed by atoms with E-state index in [2.05, 4.69) is 22.3 Å². The molecule has 4 nitrogen and oxygen atoms in total. The second-order valence-corrected chi connectivity index (χ2v) is 6.75. The lowest BCUT2D eigenvalue weighted by molar-refractivity contribution is -0.126. The molecule has 1 atom stereocenters. The first-order valence-electron chi connectivity index (χ1n) is 9.02. The van der Waals surface area contributed by atoms with Crippen molar-refractivity contribution in [3.05, 3.63) is 65.5 Å². The fraction of sp³-hybridized carbons (Fsp3) is 0.381. The minimum Gasteiger partial charge on any atom is -0.494 e. The lowest BCUT2D eigenvalue weighted by atomic mass is 9.96. The van der Waals surface area contributed by atoms with E-state index in [4.69, 9.17) is 4.74 Å². The maximum Gasteiger partial charge on any atom is 0.224 e. The number of likely N-dealkylation sites (tertiary alicyclic amines) is 1. The van der Waals surface area contributed by atoms with Crippen molar-refractivity contribution < 1.29 is 13.9 Å². The normalized spacial score (nSPS) is 17.7. The van der Waals surface area contributed by atoms with Crippen LogP contribution in [0.2, 0.25) is 0 Å². The molecule has 1 N–H and O–H groups in total. The number of halogens is 1. The molecule has 1 heterocycles. The first-order valence-corrected chi connectivity index (χ1v) is 9.02. The van der Waals surface area contributed by atoms with Crippen LogP contribution in [0.4, 0.5) is 4.39 Å². The molecule has 1 aliphatic heterocycles. The number of amides is 1. The number of nitrogens with zero attached hydrogens (tertiary/aromatic N) is 1. The number of carbonyl (C=O) groups excluding carboxylic acids is 1. The van der Waals surface area contributed by atoms with Crippen LogP contribution in [-0.4, -0.2) is 31.0 Å². The molecule has 0 radical (unpaired) electrons. The van der Waals surface area contributed by atoms with Crippen LogP contribution in [0, 0.1) is 11.7 Å². The van der Waals surface area contributed by atoms with Crippen LogP contribution >= 0.6 is 0 Å². The molecular weight excluding hydrogens is 331 g/mol. The Morgan fingerprint density at radius 1 is 1.23 bits per heavy atom. The minimum absolute atomic E-state index is 0.0180. The summed E-state index contributed by atoms with van der Waals surface area (Å²) in [6.07, 6.45) is 1.91. The SMILES string of the molecule is COc1ccc(CNC(=O)C2CCCN(Cc3ccccc3)C2)cc1F. The van der Waals surface area contributed by atoms with E-state index < -0.39 is 5.82 Å². The van der Waals surface area contributed by atoms with Gasteiger partial charge in [-0.15, -0.1) is 0 Å². The number of benzene rings is 2. The Bertz CT molecular complexity index is 736. The molecule has 1 saturated heterocycles. The third-order valence-corrected chi connectivity index (χ3v) is 4.81. The summed E-state index contributed by atoms with van der Waals surface area (Å²) in [6.45, 7) is 2.98. The first kappa shape index (κ1) is 18.4. The smallest absolute Gasteiger partial charge is 0.224 e. The lowest BCUT2D eigenvalue weighted by Crippen LogP contribution is -2.42. The summed E-state index contributed by atoms with van der Waals surface area (Å²) in [5.41, 5.74) is 2.00. The van der Waals surface area contributed by atoms with Crippen LogP contribution in [0.5, 0.6) is 5.75 Å². The van der Waals surface area contributed by atoms with E-state index in [1.165, 1.54) is 18.7 Å². The monoisotopic (exact) mass is 356 g/mol. The molecule has 0 bridgehead atoms. The van der Waals surface area contributed by atoms with Crippen LogP contribution in [0.25, 0.3) is 0 Å². The molecule has 1 unspecified atom stereocenters. The second-order valence-electron chi connectivity index (χ2n) is 6.75. The van der Waals surface area contributed by atoms with Crippen molar-refractivity contribution in [1.82, 2.24) is 10.2 Å². The minimum atomic E-state index is -0.411. The summed E-state index contributed by atoms with van der Waals surface area (Å²) in [5, 5.41) is 2.94. The van der Waals surface area contributed by atoms with Crippen molar-refractivity contribution in [3.8, 4) is 5.75 Å². The molecule has 2 aromatic rings. The Morgan fingerprint density at radius 3 is 2.77 bits per heavy atom. The van der Waals surface area contributed by atoms with Gasteiger partial charge in [-0.2, -0.15) is 0 Å². The van der Waals surface area contributed by atoms with E-state index in [1.54, 1.807) is 12.1 Å². The number of methoxy groups -OCH3 is 1. The van der Waals surface area contributed by atoms with Gasteiger partial charge in [-0.3, -0.25) is 9.69 Å². The highest BCUT2D eigenvalue weighted by Gasteiger charge is 2.25. The summed E-state index contributed by atoms with van der Waals surface area (Å²) < 4.78 is 18.7. The zero-order chi connectivity index (χ0) is 18.4. The molecule has 5 heteroatoms. The highest BCUT2D eigenvalue weighted by molar-refractivity contribution is 5.79. The fourth-order valence-corrected chi connectivity index (χ4v) is 3.41. The topological polar surface area (TPSA) is 41.6 Å². The number of hydrogen-bond acceptors (Lipinski definition) is 3. The average Bonchev–Trinajstić information content (AvgIpc) is 2.67. The lowest BCUT2D eigenvalue weighted by Gasteiger charge is -2.32. The van der Waals surface area contributed by atoms with Gasteiger partial charge < -0.3 is 10.1 Å². The van der Waals surface area contributed by atoms with Crippen molar-refractivity contribution in [2.75, 3.05) is 20.2 Å². The van der Waals surface area contributed by atoms with Gasteiger partial charge in [0, 0.05) is 19.6 Å². The molecule has 0 spiro atoms. The third kappa shape index (κ3) is 4.82. The van der Waals surface area contributed by atoms with Crippen molar-refractivity contribution in [2.45, 2.75) is 25.9 Å². The number of hydrogen-bond donors (Lipinski definition) is 1. The van der Waals surface area contributed by atoms with Gasteiger partial charge in [0.05, 0.1) is 13.0 Å². The average molecular weight is 356 g/mol. The van der Waals surface area contributed by atoms with Crippen LogP contribution in [0.3, 0.4) is 0 Å². The predicted octanol–water partition coefficient (Wildman–Crippen LogP) is 3.36. The van der Waals surface area contributed by atoms with E-state index in [9.17, 15) is 9.18 Å². The molecule has 0 aliphatic carbocycles. The van der Waals surface area contributed by atoms with Gasteiger partial charge >= 0.3 is 0 Å². The highest BCUT2D eigenvalue weighted by atomic mass is 19.1. The van der Waals surface area contributed by atoms with Gasteiger partial charge in [-0.1, -0.05) is 36.4 Å². The molecule has 1 amide bonds. The Balaban J connectivity index is 1.51. The van der Waals surface area contributed by atoms with Crippen LogP contribution in [0.15, 0.2) is 48.5 Å². The number of ether oxygens (including phenoxy) is 1. The van der Waals surface area contributed by atoms with Crippen LogP contribution < -0.4 is 10.1 Å². The number of carbonyl (C=O) groups is 1. The Labute approximate surface area is 154 Å². The standard InChI is InChI=1S/C21H25FN2O2/c1-26-20-10-9-17(12-19(20)22)13-23-21(25)18-8-5-11-24(15-18)14-16-6-3-2-4-7-16/h2-4,6-7,9-10,12,18H,5,8,11,13-15H2,1H3,(H,23,25). The molecule has 1 aliphatic rings. The van der Waals surface area contributed by atoms with Crippen molar-refractivity contribution in [2.24, 2.45) is 5.92 Å². The molecule has 1 fully saturated rings. The number of nitrogens with one attached hydrogen (secondary N) is 1. The second kappa shape index (κ2) is 8.81. The zero-order valence-electron chi connectivity index (χ0n) is 15.1. The van der Waals surface area contributed by atoms with Gasteiger partial charge in [0.15, 0.2) is 11.6 Å². The van der Waals surface area contributed by atoms with E-state index in [0.717, 1.165) is 38.0 Å². The predicted molar refractivity (Wildman–Crippen MR) is 99.2 cm³/mol. The molecular formula is C21H25FN2O2. The van der Waals surface area contributed by atoms with Crippen LogP contribution in [-0.2, 0) is 17.9 Å². The van der Waals surface area contributed by atoms with Crippen LogP contribution in [0.1, 0.15) is 24.0 Å². The molecule has 26 heavy (non-hydrogen) atoms. The van der Waals surface area contributed by atoms with Gasteiger partial charge in [0.25, 0.3) is 0 Å². The fourth-order valence-electron chi connectivity index (χ4n) is 3.41. The van der Waals surface area contributed by atoms with E-state index in [-0.39, 0.29) is 17.6 Å². The van der Waals surface area contributed by atoms with Crippen molar-refractivity contribution in [3.63, 3.8) is 0 Å². The summed E-state index contributed by atoms with van der Waals surface area (Å²) >= 11 is 0. The molecule has 0 saturated carbocycles. The number of piperidine rings is 1. The molecule has 2 aromatic carbocycles. The van der Waals surface area contributed by atoms with Gasteiger partial charge in [0.2, 0.25) is 5.91 Å². The Kier molecular flexibility index (Phi) is 6.23. The Hall–Kier alpha value is -2.40. The summed E-state index contributed by atoms with van der Waals surface area (Å²) in [4.78, 5) is 14.9. The molecule has 0 aromatic heterocycles. The quantitative estimate of drug-likeness (QED) is 0.863. The van der Waals surface area contributed by atoms with Gasteiger partial charge in [-0.25, -0.2) is 4.39 Å². The van der Waals surface area contributed by atoms with E-state index in [0.29, 0.717) is 6.54 Å². The number of rotatable bonds is 6. The maximum atomic E-state index is 13.7. The maximum absolute atomic E-state index is 13.7. The van der Waals surface area contributed by atoms with E-state index >= 15 is 0 Å². The Morgan fingerprint density at radius 2 is 2.04 bits per heavy atom. The molecule has 3 rings (SSSR count). The first-order chi connectivity index (χ1) is 12.7. The summed E-state index contributed by atoms with van der Waals surface area (Å²) in [7, 11) is 1.43. The van der Waals surface area contributed by atoms with E-state index in [1.807, 2.05) is 18.2 Å².